The Morgan fingerprint density at radius 3 is 2.45 bits per heavy atom. The highest BCUT2D eigenvalue weighted by Gasteiger charge is 2.37. The highest BCUT2D eigenvalue weighted by molar-refractivity contribution is 7.99. The summed E-state index contributed by atoms with van der Waals surface area (Å²) in [6, 6.07) is 1.86. The van der Waals surface area contributed by atoms with E-state index in [2.05, 4.69) is 35.2 Å². The quantitative estimate of drug-likeness (QED) is 0.362. The van der Waals surface area contributed by atoms with E-state index in [4.69, 9.17) is 0 Å². The number of imidazole rings is 1. The van der Waals surface area contributed by atoms with Gasteiger partial charge < -0.3 is 14.6 Å². The molecule has 0 atom stereocenters. The maximum atomic E-state index is 14.1. The SMILES string of the molecule is CCn1ccnc1S[C@H]1CC[C@H](N(c2cc(C#CC(C)(C)C)sc2C(=O)O)C(=O)[C@H]2CC[C@H](C)CC2)CC1. The zero-order valence-corrected chi connectivity index (χ0v) is 25.0. The van der Waals surface area contributed by atoms with Crippen molar-refractivity contribution in [1.29, 1.82) is 0 Å². The van der Waals surface area contributed by atoms with Gasteiger partial charge in [-0.2, -0.15) is 0 Å². The molecule has 0 aliphatic heterocycles. The molecule has 2 aromatic rings. The second kappa shape index (κ2) is 12.3. The Morgan fingerprint density at radius 2 is 1.84 bits per heavy atom. The van der Waals surface area contributed by atoms with E-state index in [1.54, 1.807) is 0 Å². The first-order chi connectivity index (χ1) is 18.1. The predicted octanol–water partition coefficient (Wildman–Crippen LogP) is 7.32. The monoisotopic (exact) mass is 555 g/mol. The molecule has 0 saturated heterocycles. The summed E-state index contributed by atoms with van der Waals surface area (Å²) >= 11 is 3.02. The molecule has 2 aliphatic carbocycles. The summed E-state index contributed by atoms with van der Waals surface area (Å²) in [5.74, 6) is 6.12. The molecule has 8 heteroatoms. The Bertz CT molecular complexity index is 1180. The third kappa shape index (κ3) is 7.04. The van der Waals surface area contributed by atoms with Gasteiger partial charge >= 0.3 is 5.97 Å². The van der Waals surface area contributed by atoms with Gasteiger partial charge in [-0.3, -0.25) is 4.79 Å². The Morgan fingerprint density at radius 1 is 1.16 bits per heavy atom. The number of carboxylic acid groups (broad SMARTS) is 1. The molecule has 2 fully saturated rings. The number of hydrogen-bond acceptors (Lipinski definition) is 5. The van der Waals surface area contributed by atoms with E-state index < -0.39 is 5.97 Å². The van der Waals surface area contributed by atoms with Crippen molar-refractivity contribution in [2.24, 2.45) is 17.3 Å². The highest BCUT2D eigenvalue weighted by atomic mass is 32.2. The van der Waals surface area contributed by atoms with E-state index in [1.165, 1.54) is 11.3 Å². The maximum absolute atomic E-state index is 14.1. The van der Waals surface area contributed by atoms with Crippen LogP contribution in [-0.4, -0.2) is 37.8 Å². The lowest BCUT2D eigenvalue weighted by molar-refractivity contribution is -0.124. The van der Waals surface area contributed by atoms with Crippen molar-refractivity contribution in [3.8, 4) is 11.8 Å². The largest absolute Gasteiger partial charge is 0.477 e. The number of aryl methyl sites for hydroxylation is 1. The van der Waals surface area contributed by atoms with Crippen molar-refractivity contribution in [1.82, 2.24) is 9.55 Å². The standard InChI is InChI=1S/C30H41N3O3S2/c1-6-32-18-17-31-29(32)38-23-13-11-22(12-14-23)33(27(34)21-9-7-20(2)8-10-21)25-19-24(15-16-30(3,4)5)37-26(25)28(35)36/h17-23H,6-14H2,1-5H3,(H,35,36)/t20-,21-,22-,23-. The summed E-state index contributed by atoms with van der Waals surface area (Å²) in [6.45, 7) is 11.4. The number of anilines is 1. The zero-order valence-electron chi connectivity index (χ0n) is 23.3. The lowest BCUT2D eigenvalue weighted by atomic mass is 9.81. The molecule has 0 aromatic carbocycles. The topological polar surface area (TPSA) is 75.4 Å². The van der Waals surface area contributed by atoms with Crippen LogP contribution in [-0.2, 0) is 11.3 Å². The fraction of sp³-hybridized carbons (Fsp3) is 0.633. The molecular weight excluding hydrogens is 514 g/mol. The van der Waals surface area contributed by atoms with Crippen molar-refractivity contribution >= 4 is 40.7 Å². The molecule has 206 valence electrons. The molecular formula is C30H41N3O3S2. The Balaban J connectivity index is 1.61. The van der Waals surface area contributed by atoms with Crippen molar-refractivity contribution in [3.63, 3.8) is 0 Å². The van der Waals surface area contributed by atoms with Gasteiger partial charge in [0.15, 0.2) is 5.16 Å². The molecule has 1 amide bonds. The molecule has 4 rings (SSSR count). The summed E-state index contributed by atoms with van der Waals surface area (Å²) in [5, 5.41) is 11.6. The van der Waals surface area contributed by atoms with Crippen LogP contribution in [0.1, 0.15) is 101 Å². The number of aromatic nitrogens is 2. The first kappa shape index (κ1) is 28.8. The number of rotatable bonds is 7. The van der Waals surface area contributed by atoms with E-state index in [0.29, 0.717) is 21.7 Å². The molecule has 0 bridgehead atoms. The van der Waals surface area contributed by atoms with Gasteiger partial charge in [0.1, 0.15) is 4.88 Å². The minimum Gasteiger partial charge on any atom is -0.477 e. The van der Waals surface area contributed by atoms with Crippen LogP contribution in [0.15, 0.2) is 23.6 Å². The summed E-state index contributed by atoms with van der Waals surface area (Å²) in [7, 11) is 0. The predicted molar refractivity (Wildman–Crippen MR) is 156 cm³/mol. The molecule has 2 aliphatic rings. The van der Waals surface area contributed by atoms with Crippen molar-refractivity contribution < 1.29 is 14.7 Å². The van der Waals surface area contributed by atoms with Gasteiger partial charge in [-0.25, -0.2) is 9.78 Å². The molecule has 0 spiro atoms. The van der Waals surface area contributed by atoms with Crippen LogP contribution in [0.5, 0.6) is 0 Å². The maximum Gasteiger partial charge on any atom is 0.348 e. The van der Waals surface area contributed by atoms with Crippen LogP contribution in [0.3, 0.4) is 0 Å². The summed E-state index contributed by atoms with van der Waals surface area (Å²) in [4.78, 5) is 33.8. The summed E-state index contributed by atoms with van der Waals surface area (Å²) in [5.41, 5.74) is 0.353. The van der Waals surface area contributed by atoms with Crippen LogP contribution >= 0.6 is 23.1 Å². The van der Waals surface area contributed by atoms with E-state index >= 15 is 0 Å². The second-order valence-electron chi connectivity index (χ2n) is 11.8. The van der Waals surface area contributed by atoms with E-state index in [1.807, 2.05) is 55.9 Å². The molecule has 0 radical (unpaired) electrons. The van der Waals surface area contributed by atoms with Crippen molar-refractivity contribution in [3.05, 3.63) is 28.2 Å². The van der Waals surface area contributed by atoms with E-state index in [-0.39, 0.29) is 28.2 Å². The fourth-order valence-electron chi connectivity index (χ4n) is 5.45. The Labute approximate surface area is 235 Å². The van der Waals surface area contributed by atoms with E-state index in [0.717, 1.165) is 63.1 Å². The summed E-state index contributed by atoms with van der Waals surface area (Å²) in [6.07, 6.45) is 11.4. The number of thioether (sulfide) groups is 1. The van der Waals surface area contributed by atoms with Gasteiger partial charge in [-0.1, -0.05) is 30.5 Å². The zero-order chi connectivity index (χ0) is 27.4. The fourth-order valence-corrected chi connectivity index (χ4v) is 7.54. The molecule has 2 aromatic heterocycles. The molecule has 6 nitrogen and oxygen atoms in total. The lowest BCUT2D eigenvalue weighted by Crippen LogP contribution is -2.46. The van der Waals surface area contributed by atoms with Crippen LogP contribution < -0.4 is 4.90 Å². The number of amides is 1. The lowest BCUT2D eigenvalue weighted by Gasteiger charge is -2.39. The average molecular weight is 556 g/mol. The minimum absolute atomic E-state index is 0.000690. The number of hydrogen-bond donors (Lipinski definition) is 1. The van der Waals surface area contributed by atoms with Crippen LogP contribution in [0.25, 0.3) is 0 Å². The number of thiophene rings is 1. The van der Waals surface area contributed by atoms with E-state index in [9.17, 15) is 14.7 Å². The van der Waals surface area contributed by atoms with Crippen LogP contribution in [0.2, 0.25) is 0 Å². The average Bonchev–Trinajstić information content (AvgIpc) is 3.51. The van der Waals surface area contributed by atoms with Gasteiger partial charge in [0.2, 0.25) is 5.91 Å². The number of nitrogens with zero attached hydrogens (tertiary/aromatic N) is 3. The minimum atomic E-state index is -0.987. The second-order valence-corrected chi connectivity index (χ2v) is 14.2. The number of carbonyl (C=O) groups is 2. The van der Waals surface area contributed by atoms with Crippen LogP contribution in [0.4, 0.5) is 5.69 Å². The first-order valence-corrected chi connectivity index (χ1v) is 15.7. The van der Waals surface area contributed by atoms with Gasteiger partial charge in [0.05, 0.1) is 10.6 Å². The molecule has 1 N–H and O–H groups in total. The third-order valence-corrected chi connectivity index (χ3v) is 10.0. The van der Waals surface area contributed by atoms with Gasteiger partial charge in [-0.05, 0) is 91.0 Å². The number of carbonyl (C=O) groups excluding carboxylic acids is 1. The normalized spacial score (nSPS) is 23.9. The first-order valence-electron chi connectivity index (χ1n) is 14.0. The van der Waals surface area contributed by atoms with Gasteiger partial charge in [0, 0.05) is 41.6 Å². The Kier molecular flexibility index (Phi) is 9.31. The van der Waals surface area contributed by atoms with Gasteiger partial charge in [0.25, 0.3) is 0 Å². The Hall–Kier alpha value is -2.24. The van der Waals surface area contributed by atoms with Crippen molar-refractivity contribution in [2.45, 2.75) is 109 Å². The number of aromatic carboxylic acids is 1. The van der Waals surface area contributed by atoms with Gasteiger partial charge in [-0.15, -0.1) is 11.3 Å². The van der Waals surface area contributed by atoms with Crippen LogP contribution in [0, 0.1) is 29.1 Å². The van der Waals surface area contributed by atoms with Crippen molar-refractivity contribution in [2.75, 3.05) is 4.90 Å². The number of carboxylic acids is 1. The molecule has 0 unspecified atom stereocenters. The smallest absolute Gasteiger partial charge is 0.348 e. The summed E-state index contributed by atoms with van der Waals surface area (Å²) < 4.78 is 2.17. The molecule has 38 heavy (non-hydrogen) atoms. The molecule has 2 heterocycles. The third-order valence-electron chi connectivity index (χ3n) is 7.63. The highest BCUT2D eigenvalue weighted by Crippen LogP contribution is 2.41. The molecule has 2 saturated carbocycles.